The average molecular weight is 445 g/mol. The minimum atomic E-state index is -0.368. The van der Waals surface area contributed by atoms with Crippen LogP contribution in [0, 0.1) is 11.7 Å². The molecule has 1 fully saturated rings. The zero-order chi connectivity index (χ0) is 22.2. The van der Waals surface area contributed by atoms with Crippen LogP contribution < -0.4 is 10.1 Å². The molecular formula is C23H25FN2O4S. The highest BCUT2D eigenvalue weighted by molar-refractivity contribution is 8.00. The molecule has 0 aliphatic carbocycles. The number of methoxy groups -OCH3 is 1. The van der Waals surface area contributed by atoms with Crippen LogP contribution >= 0.6 is 11.8 Å². The van der Waals surface area contributed by atoms with Crippen LogP contribution in [0.1, 0.15) is 23.2 Å². The van der Waals surface area contributed by atoms with Gasteiger partial charge in [-0.1, -0.05) is 0 Å². The fourth-order valence-electron chi connectivity index (χ4n) is 3.43. The molecule has 1 aliphatic rings. The quantitative estimate of drug-likeness (QED) is 0.630. The Hall–Kier alpha value is -2.87. The second kappa shape index (κ2) is 10.9. The molecule has 3 rings (SSSR count). The summed E-state index contributed by atoms with van der Waals surface area (Å²) >= 11 is 1.24. The molecule has 1 saturated heterocycles. The maximum atomic E-state index is 12.9. The maximum absolute atomic E-state index is 12.9. The number of thioether (sulfide) groups is 1. The Kier molecular flexibility index (Phi) is 8.06. The third kappa shape index (κ3) is 6.55. The predicted octanol–water partition coefficient (Wildman–Crippen LogP) is 3.63. The lowest BCUT2D eigenvalue weighted by molar-refractivity contribution is -0.129. The first-order valence-electron chi connectivity index (χ1n) is 10.1. The van der Waals surface area contributed by atoms with Crippen molar-refractivity contribution >= 4 is 35.0 Å². The summed E-state index contributed by atoms with van der Waals surface area (Å²) in [5.74, 6) is 0.410. The van der Waals surface area contributed by atoms with Gasteiger partial charge >= 0.3 is 0 Å². The normalized spacial score (nSPS) is 14.2. The van der Waals surface area contributed by atoms with Crippen LogP contribution in [0.3, 0.4) is 0 Å². The second-order valence-electron chi connectivity index (χ2n) is 7.30. The van der Waals surface area contributed by atoms with E-state index in [0.29, 0.717) is 42.9 Å². The van der Waals surface area contributed by atoms with Gasteiger partial charge in [-0.2, -0.15) is 0 Å². The van der Waals surface area contributed by atoms with Gasteiger partial charge in [0.05, 0.1) is 18.6 Å². The van der Waals surface area contributed by atoms with Gasteiger partial charge in [-0.25, -0.2) is 4.39 Å². The van der Waals surface area contributed by atoms with Crippen LogP contribution in [0.4, 0.5) is 10.1 Å². The van der Waals surface area contributed by atoms with Crippen molar-refractivity contribution in [2.75, 3.05) is 37.0 Å². The van der Waals surface area contributed by atoms with Crippen molar-refractivity contribution in [3.8, 4) is 5.75 Å². The molecule has 0 atom stereocenters. The molecule has 8 heteroatoms. The first kappa shape index (κ1) is 22.8. The Morgan fingerprint density at radius 2 is 1.68 bits per heavy atom. The van der Waals surface area contributed by atoms with E-state index < -0.39 is 0 Å². The van der Waals surface area contributed by atoms with Crippen molar-refractivity contribution < 1.29 is 23.5 Å². The summed E-state index contributed by atoms with van der Waals surface area (Å²) in [5, 5.41) is 2.67. The number of halogens is 1. The van der Waals surface area contributed by atoms with E-state index in [4.69, 9.17) is 4.74 Å². The molecule has 0 radical (unpaired) electrons. The lowest BCUT2D eigenvalue weighted by Crippen LogP contribution is -2.41. The van der Waals surface area contributed by atoms with E-state index >= 15 is 0 Å². The lowest BCUT2D eigenvalue weighted by Gasteiger charge is -2.31. The number of Topliss-reactive ketones (excluding diaryl/α,β-unsaturated/α-hetero) is 1. The number of rotatable bonds is 8. The number of benzene rings is 2. The number of hydrogen-bond donors (Lipinski definition) is 1. The van der Waals surface area contributed by atoms with E-state index in [9.17, 15) is 18.8 Å². The van der Waals surface area contributed by atoms with Crippen molar-refractivity contribution in [3.05, 3.63) is 59.9 Å². The Labute approximate surface area is 185 Å². The number of likely N-dealkylation sites (tertiary alicyclic amines) is 1. The number of anilines is 1. The van der Waals surface area contributed by atoms with Gasteiger partial charge in [0.15, 0.2) is 5.78 Å². The number of hydrogen-bond acceptors (Lipinski definition) is 5. The van der Waals surface area contributed by atoms with Gasteiger partial charge in [-0.05, 0) is 61.4 Å². The Morgan fingerprint density at radius 1 is 1.03 bits per heavy atom. The molecule has 2 aromatic rings. The second-order valence-corrected chi connectivity index (χ2v) is 8.28. The molecule has 2 aromatic carbocycles. The summed E-state index contributed by atoms with van der Waals surface area (Å²) in [5.41, 5.74) is 1.18. The van der Waals surface area contributed by atoms with E-state index in [-0.39, 0.29) is 40.8 Å². The van der Waals surface area contributed by atoms with Crippen molar-refractivity contribution in [1.29, 1.82) is 0 Å². The molecule has 2 amide bonds. The molecule has 0 spiro atoms. The number of piperidine rings is 1. The smallest absolute Gasteiger partial charge is 0.234 e. The topological polar surface area (TPSA) is 75.7 Å². The number of carbonyl (C=O) groups is 3. The largest absolute Gasteiger partial charge is 0.497 e. The van der Waals surface area contributed by atoms with Crippen molar-refractivity contribution in [2.24, 2.45) is 5.92 Å². The van der Waals surface area contributed by atoms with E-state index in [1.54, 1.807) is 36.3 Å². The van der Waals surface area contributed by atoms with Crippen molar-refractivity contribution in [3.63, 3.8) is 0 Å². The van der Waals surface area contributed by atoms with E-state index in [0.717, 1.165) is 0 Å². The molecule has 0 unspecified atom stereocenters. The summed E-state index contributed by atoms with van der Waals surface area (Å²) in [6, 6.07) is 12.6. The molecule has 164 valence electrons. The number of ketones is 1. The summed E-state index contributed by atoms with van der Waals surface area (Å²) in [6.45, 7) is 1.07. The zero-order valence-electron chi connectivity index (χ0n) is 17.3. The highest BCUT2D eigenvalue weighted by atomic mass is 32.2. The van der Waals surface area contributed by atoms with Gasteiger partial charge in [0.25, 0.3) is 0 Å². The van der Waals surface area contributed by atoms with E-state index in [1.807, 2.05) is 0 Å². The molecule has 0 bridgehead atoms. The third-order valence-corrected chi connectivity index (χ3v) is 6.10. The maximum Gasteiger partial charge on any atom is 0.234 e. The van der Waals surface area contributed by atoms with Crippen LogP contribution in [0.5, 0.6) is 5.75 Å². The molecule has 31 heavy (non-hydrogen) atoms. The molecular weight excluding hydrogens is 419 g/mol. The third-order valence-electron chi connectivity index (χ3n) is 5.18. The van der Waals surface area contributed by atoms with Gasteiger partial charge in [-0.15, -0.1) is 11.8 Å². The predicted molar refractivity (Wildman–Crippen MR) is 119 cm³/mol. The number of amides is 2. The lowest BCUT2D eigenvalue weighted by atomic mass is 9.89. The highest BCUT2D eigenvalue weighted by Crippen LogP contribution is 2.23. The fraction of sp³-hybridized carbons (Fsp3) is 0.348. The molecule has 0 aromatic heterocycles. The zero-order valence-corrected chi connectivity index (χ0v) is 18.1. The molecule has 1 N–H and O–H groups in total. The van der Waals surface area contributed by atoms with E-state index in [2.05, 4.69) is 5.32 Å². The summed E-state index contributed by atoms with van der Waals surface area (Å²) < 4.78 is 18.0. The number of ether oxygens (including phenoxy) is 1. The first-order chi connectivity index (χ1) is 15.0. The summed E-state index contributed by atoms with van der Waals surface area (Å²) in [4.78, 5) is 38.8. The first-order valence-corrected chi connectivity index (χ1v) is 11.2. The number of nitrogens with one attached hydrogen (secondary N) is 1. The van der Waals surface area contributed by atoms with Crippen LogP contribution in [0.25, 0.3) is 0 Å². The van der Waals surface area contributed by atoms with Crippen LogP contribution in [0.2, 0.25) is 0 Å². The van der Waals surface area contributed by atoms with Gasteiger partial charge in [0.2, 0.25) is 11.8 Å². The standard InChI is InChI=1S/C23H25FN2O4S/c1-30-20-8-2-16(3-9-20)23(29)17-10-12-26(13-11-17)22(28)15-31-14-21(27)25-19-6-4-18(24)5-7-19/h2-9,17H,10-15H2,1H3,(H,25,27). The average Bonchev–Trinajstić information content (AvgIpc) is 2.80. The molecule has 0 saturated carbocycles. The molecule has 1 heterocycles. The SMILES string of the molecule is COc1ccc(C(=O)C2CCN(C(=O)CSCC(=O)Nc3ccc(F)cc3)CC2)cc1. The molecule has 1 aliphatic heterocycles. The highest BCUT2D eigenvalue weighted by Gasteiger charge is 2.27. The minimum absolute atomic E-state index is 0.0325. The Bertz CT molecular complexity index is 910. The summed E-state index contributed by atoms with van der Waals surface area (Å²) in [7, 11) is 1.58. The number of nitrogens with zero attached hydrogens (tertiary/aromatic N) is 1. The Morgan fingerprint density at radius 3 is 2.29 bits per heavy atom. The van der Waals surface area contributed by atoms with Gasteiger partial charge < -0.3 is 15.0 Å². The van der Waals surface area contributed by atoms with Gasteiger partial charge in [0, 0.05) is 30.3 Å². The van der Waals surface area contributed by atoms with Crippen LogP contribution in [-0.4, -0.2) is 54.2 Å². The summed E-state index contributed by atoms with van der Waals surface area (Å²) in [6.07, 6.45) is 1.26. The fourth-order valence-corrected chi connectivity index (χ4v) is 4.15. The van der Waals surface area contributed by atoms with Crippen molar-refractivity contribution in [1.82, 2.24) is 4.90 Å². The van der Waals surface area contributed by atoms with Gasteiger partial charge in [0.1, 0.15) is 11.6 Å². The van der Waals surface area contributed by atoms with Crippen LogP contribution in [0.15, 0.2) is 48.5 Å². The van der Waals surface area contributed by atoms with E-state index in [1.165, 1.54) is 36.0 Å². The number of carbonyl (C=O) groups excluding carboxylic acids is 3. The Balaban J connectivity index is 1.38. The molecule has 6 nitrogen and oxygen atoms in total. The minimum Gasteiger partial charge on any atom is -0.497 e. The van der Waals surface area contributed by atoms with Gasteiger partial charge in [-0.3, -0.25) is 14.4 Å². The monoisotopic (exact) mass is 444 g/mol. The van der Waals surface area contributed by atoms with Crippen LogP contribution in [-0.2, 0) is 9.59 Å². The van der Waals surface area contributed by atoms with Crippen molar-refractivity contribution in [2.45, 2.75) is 12.8 Å².